The van der Waals surface area contributed by atoms with Crippen molar-refractivity contribution in [1.29, 1.82) is 0 Å². The van der Waals surface area contributed by atoms with Gasteiger partial charge >= 0.3 is 5.97 Å². The van der Waals surface area contributed by atoms with Crippen LogP contribution in [0, 0.1) is 0 Å². The fraction of sp³-hybridized carbons (Fsp3) is 0.250. The summed E-state index contributed by atoms with van der Waals surface area (Å²) < 4.78 is 32.2. The van der Waals surface area contributed by atoms with Crippen LogP contribution < -0.4 is 23.7 Å². The third-order valence-electron chi connectivity index (χ3n) is 3.90. The highest BCUT2D eigenvalue weighted by Gasteiger charge is 2.17. The Hall–Kier alpha value is -3.35. The van der Waals surface area contributed by atoms with Gasteiger partial charge in [-0.15, -0.1) is 0 Å². The number of hydrogen-bond donors (Lipinski definition) is 0. The minimum Gasteiger partial charge on any atom is -0.493 e. The predicted octanol–water partition coefficient (Wildman–Crippen LogP) is 3.50. The van der Waals surface area contributed by atoms with Crippen molar-refractivity contribution in [1.82, 2.24) is 0 Å². The average Bonchev–Trinajstić information content (AvgIpc) is 3.14. The van der Waals surface area contributed by atoms with Crippen molar-refractivity contribution in [3.8, 4) is 28.7 Å². The summed E-state index contributed by atoms with van der Waals surface area (Å²) in [6.07, 6.45) is 1.71. The standard InChI is InChI=1S/C20H20O7/c1-12(21)27-16(14-5-6-15-17(10-14)26-11-25-15)7-13-8-18(22-2)20(24-4)19(9-13)23-3/h5-10H,11H2,1-4H3/b16-7+. The quantitative estimate of drug-likeness (QED) is 0.436. The van der Waals surface area contributed by atoms with Crippen molar-refractivity contribution in [3.63, 3.8) is 0 Å². The molecule has 1 aliphatic rings. The second-order valence-electron chi connectivity index (χ2n) is 5.63. The number of methoxy groups -OCH3 is 3. The van der Waals surface area contributed by atoms with Crippen molar-refractivity contribution in [3.05, 3.63) is 41.5 Å². The molecule has 0 bridgehead atoms. The first-order valence-corrected chi connectivity index (χ1v) is 8.16. The van der Waals surface area contributed by atoms with Crippen LogP contribution in [-0.4, -0.2) is 34.1 Å². The van der Waals surface area contributed by atoms with Crippen LogP contribution in [0.3, 0.4) is 0 Å². The van der Waals surface area contributed by atoms with Gasteiger partial charge in [0.25, 0.3) is 0 Å². The first-order valence-electron chi connectivity index (χ1n) is 8.16. The van der Waals surface area contributed by atoms with E-state index in [1.807, 2.05) is 0 Å². The Kier molecular flexibility index (Phi) is 5.40. The molecule has 0 spiro atoms. The smallest absolute Gasteiger partial charge is 0.308 e. The van der Waals surface area contributed by atoms with E-state index >= 15 is 0 Å². The summed E-state index contributed by atoms with van der Waals surface area (Å²) >= 11 is 0. The molecule has 0 fully saturated rings. The molecule has 0 amide bonds. The maximum Gasteiger partial charge on any atom is 0.308 e. The van der Waals surface area contributed by atoms with Crippen LogP contribution in [-0.2, 0) is 9.53 Å². The second-order valence-corrected chi connectivity index (χ2v) is 5.63. The van der Waals surface area contributed by atoms with Crippen LogP contribution >= 0.6 is 0 Å². The van der Waals surface area contributed by atoms with Crippen molar-refractivity contribution < 1.29 is 33.2 Å². The van der Waals surface area contributed by atoms with E-state index in [1.165, 1.54) is 28.3 Å². The van der Waals surface area contributed by atoms with E-state index in [0.29, 0.717) is 45.6 Å². The highest BCUT2D eigenvalue weighted by Crippen LogP contribution is 2.40. The van der Waals surface area contributed by atoms with Crippen molar-refractivity contribution in [2.24, 2.45) is 0 Å². The lowest BCUT2D eigenvalue weighted by Crippen LogP contribution is -1.99. The topological polar surface area (TPSA) is 72.5 Å². The van der Waals surface area contributed by atoms with Gasteiger partial charge in [-0.2, -0.15) is 0 Å². The number of carbonyl (C=O) groups is 1. The monoisotopic (exact) mass is 372 g/mol. The highest BCUT2D eigenvalue weighted by molar-refractivity contribution is 5.85. The van der Waals surface area contributed by atoms with E-state index in [1.54, 1.807) is 36.4 Å². The molecule has 1 aliphatic heterocycles. The fourth-order valence-corrected chi connectivity index (χ4v) is 2.71. The molecule has 0 N–H and O–H groups in total. The summed E-state index contributed by atoms with van der Waals surface area (Å²) in [6, 6.07) is 8.84. The third kappa shape index (κ3) is 3.92. The summed E-state index contributed by atoms with van der Waals surface area (Å²) in [5.74, 6) is 2.63. The minimum absolute atomic E-state index is 0.165. The van der Waals surface area contributed by atoms with E-state index < -0.39 is 5.97 Å². The van der Waals surface area contributed by atoms with Gasteiger partial charge in [0.15, 0.2) is 23.0 Å². The van der Waals surface area contributed by atoms with Crippen LogP contribution in [0.1, 0.15) is 18.1 Å². The Labute approximate surface area is 157 Å². The Morgan fingerprint density at radius 3 is 2.22 bits per heavy atom. The first-order chi connectivity index (χ1) is 13.0. The molecule has 0 aliphatic carbocycles. The first kappa shape index (κ1) is 18.4. The van der Waals surface area contributed by atoms with Crippen LogP contribution in [0.5, 0.6) is 28.7 Å². The van der Waals surface area contributed by atoms with Gasteiger partial charge in [0.2, 0.25) is 12.5 Å². The zero-order valence-electron chi connectivity index (χ0n) is 15.5. The Morgan fingerprint density at radius 2 is 1.63 bits per heavy atom. The maximum absolute atomic E-state index is 11.6. The molecule has 0 atom stereocenters. The van der Waals surface area contributed by atoms with Crippen LogP contribution in [0.25, 0.3) is 11.8 Å². The molecule has 0 radical (unpaired) electrons. The Balaban J connectivity index is 2.07. The molecule has 7 nitrogen and oxygen atoms in total. The van der Waals surface area contributed by atoms with Gasteiger partial charge in [-0.3, -0.25) is 4.79 Å². The number of esters is 1. The molecule has 3 rings (SSSR count). The zero-order chi connectivity index (χ0) is 19.4. The molecule has 0 unspecified atom stereocenters. The second kappa shape index (κ2) is 7.90. The summed E-state index contributed by atoms with van der Waals surface area (Å²) in [5, 5.41) is 0. The van der Waals surface area contributed by atoms with Crippen LogP contribution in [0.4, 0.5) is 0 Å². The average molecular weight is 372 g/mol. The van der Waals surface area contributed by atoms with Gasteiger partial charge in [-0.25, -0.2) is 0 Å². The summed E-state index contributed by atoms with van der Waals surface area (Å²) in [5.41, 5.74) is 1.38. The minimum atomic E-state index is -0.439. The van der Waals surface area contributed by atoms with Crippen LogP contribution in [0.15, 0.2) is 30.3 Å². The summed E-state index contributed by atoms with van der Waals surface area (Å²) in [6.45, 7) is 1.51. The van der Waals surface area contributed by atoms with E-state index in [9.17, 15) is 4.79 Å². The van der Waals surface area contributed by atoms with E-state index in [2.05, 4.69) is 0 Å². The molecule has 27 heavy (non-hydrogen) atoms. The molecular weight excluding hydrogens is 352 g/mol. The molecule has 2 aromatic carbocycles. The zero-order valence-corrected chi connectivity index (χ0v) is 15.5. The molecule has 142 valence electrons. The van der Waals surface area contributed by atoms with Crippen LogP contribution in [0.2, 0.25) is 0 Å². The van der Waals surface area contributed by atoms with Gasteiger partial charge in [0.1, 0.15) is 5.76 Å². The lowest BCUT2D eigenvalue weighted by Gasteiger charge is -2.14. The van der Waals surface area contributed by atoms with Gasteiger partial charge in [-0.05, 0) is 42.0 Å². The Bertz CT molecular complexity index is 861. The lowest BCUT2D eigenvalue weighted by atomic mass is 10.1. The van der Waals surface area contributed by atoms with Gasteiger partial charge in [0.05, 0.1) is 21.3 Å². The number of ether oxygens (including phenoxy) is 6. The number of fused-ring (bicyclic) bond motifs is 1. The number of carbonyl (C=O) groups excluding carboxylic acids is 1. The summed E-state index contributed by atoms with van der Waals surface area (Å²) in [4.78, 5) is 11.6. The maximum atomic E-state index is 11.6. The number of rotatable bonds is 6. The number of benzene rings is 2. The van der Waals surface area contributed by atoms with Gasteiger partial charge < -0.3 is 28.4 Å². The predicted molar refractivity (Wildman–Crippen MR) is 98.3 cm³/mol. The van der Waals surface area contributed by atoms with Gasteiger partial charge in [-0.1, -0.05) is 0 Å². The largest absolute Gasteiger partial charge is 0.493 e. The fourth-order valence-electron chi connectivity index (χ4n) is 2.71. The van der Waals surface area contributed by atoms with Gasteiger partial charge in [0, 0.05) is 12.5 Å². The molecule has 0 saturated carbocycles. The van der Waals surface area contributed by atoms with Crippen molar-refractivity contribution >= 4 is 17.8 Å². The molecular formula is C20H20O7. The molecule has 7 heteroatoms. The number of hydrogen-bond acceptors (Lipinski definition) is 7. The Morgan fingerprint density at radius 1 is 0.963 bits per heavy atom. The van der Waals surface area contributed by atoms with E-state index in [-0.39, 0.29) is 6.79 Å². The third-order valence-corrected chi connectivity index (χ3v) is 3.90. The molecule has 0 saturated heterocycles. The lowest BCUT2D eigenvalue weighted by molar-refractivity contribution is -0.134. The molecule has 2 aromatic rings. The molecule has 1 heterocycles. The molecule has 0 aromatic heterocycles. The van der Waals surface area contributed by atoms with Crippen molar-refractivity contribution in [2.45, 2.75) is 6.92 Å². The van der Waals surface area contributed by atoms with Crippen molar-refractivity contribution in [2.75, 3.05) is 28.1 Å². The summed E-state index contributed by atoms with van der Waals surface area (Å²) in [7, 11) is 4.61. The SMILES string of the molecule is COc1cc(/C=C(/OC(C)=O)c2ccc3c(c2)OCO3)cc(OC)c1OC. The van der Waals surface area contributed by atoms with E-state index in [4.69, 9.17) is 28.4 Å². The van der Waals surface area contributed by atoms with E-state index in [0.717, 1.165) is 0 Å². The highest BCUT2D eigenvalue weighted by atomic mass is 16.7. The normalized spacial score (nSPS) is 12.5.